The highest BCUT2D eigenvalue weighted by Crippen LogP contribution is 2.85. The molecule has 4 bridgehead atoms. The molecule has 0 radical (unpaired) electrons. The Balaban J connectivity index is 1.58. The second-order valence-electron chi connectivity index (χ2n) is 10.4. The van der Waals surface area contributed by atoms with Crippen molar-refractivity contribution in [3.05, 3.63) is 104 Å². The summed E-state index contributed by atoms with van der Waals surface area (Å²) in [7, 11) is -0.487. The van der Waals surface area contributed by atoms with E-state index < -0.39 is 0 Å². The van der Waals surface area contributed by atoms with Crippen LogP contribution in [0.1, 0.15) is 52.7 Å². The highest BCUT2D eigenvalue weighted by Gasteiger charge is 2.57. The quantitative estimate of drug-likeness (QED) is 0.405. The number of hydrogen-bond donors (Lipinski definition) is 0. The maximum absolute atomic E-state index is 2.54. The molecule has 2 aromatic rings. The molecule has 2 aromatic carbocycles. The SMILES string of the molecule is CC1=C(C)[C@]2(C)CP1C(C1=C(C)[C@@]3(C)CP1C(c1ccccc1)=C3c1ccccc1)=C2C. The summed E-state index contributed by atoms with van der Waals surface area (Å²) in [4.78, 5) is 0. The second-order valence-corrected chi connectivity index (χ2v) is 14.8. The topological polar surface area (TPSA) is 0 Å². The fourth-order valence-corrected chi connectivity index (χ4v) is 14.7. The fraction of sp³-hybridized carbons (Fsp3) is 0.333. The molecule has 0 spiro atoms. The molecule has 4 aliphatic rings. The molecule has 0 aromatic heterocycles. The average Bonchev–Trinajstić information content (AvgIpc) is 3.43. The van der Waals surface area contributed by atoms with Crippen LogP contribution >= 0.6 is 15.8 Å². The van der Waals surface area contributed by atoms with Crippen LogP contribution in [0.2, 0.25) is 0 Å². The van der Waals surface area contributed by atoms with Crippen molar-refractivity contribution in [2.75, 3.05) is 12.3 Å². The third-order valence-electron chi connectivity index (χ3n) is 9.02. The van der Waals surface area contributed by atoms with E-state index >= 15 is 0 Å². The number of rotatable bonds is 3. The number of allylic oxidation sites excluding steroid dienone is 7. The first-order chi connectivity index (χ1) is 15.3. The van der Waals surface area contributed by atoms with Crippen LogP contribution in [0.25, 0.3) is 10.9 Å². The maximum atomic E-state index is 2.54. The molecular formula is C30H32P2. The van der Waals surface area contributed by atoms with Gasteiger partial charge < -0.3 is 0 Å². The van der Waals surface area contributed by atoms with E-state index in [0.717, 1.165) is 0 Å². The van der Waals surface area contributed by atoms with Gasteiger partial charge in [0.25, 0.3) is 0 Å². The zero-order valence-electron chi connectivity index (χ0n) is 20.1. The van der Waals surface area contributed by atoms with Crippen LogP contribution < -0.4 is 0 Å². The van der Waals surface area contributed by atoms with Gasteiger partial charge in [-0.2, -0.15) is 0 Å². The van der Waals surface area contributed by atoms with E-state index in [2.05, 4.69) is 102 Å². The molecule has 4 heterocycles. The molecule has 0 fully saturated rings. The average molecular weight is 455 g/mol. The van der Waals surface area contributed by atoms with Gasteiger partial charge in [0.15, 0.2) is 0 Å². The summed E-state index contributed by atoms with van der Waals surface area (Å²) in [5, 5.41) is 6.93. The van der Waals surface area contributed by atoms with Gasteiger partial charge in [-0.15, -0.1) is 0 Å². The van der Waals surface area contributed by atoms with Gasteiger partial charge in [0.1, 0.15) is 0 Å². The molecule has 2 heteroatoms. The summed E-state index contributed by atoms with van der Waals surface area (Å²) in [5.74, 6) is 0. The molecular weight excluding hydrogens is 422 g/mol. The Labute approximate surface area is 195 Å². The van der Waals surface area contributed by atoms with Gasteiger partial charge >= 0.3 is 0 Å². The Kier molecular flexibility index (Phi) is 4.48. The normalized spacial score (nSPS) is 33.4. The summed E-state index contributed by atoms with van der Waals surface area (Å²) in [6.45, 7) is 14.8. The van der Waals surface area contributed by atoms with E-state index in [1.165, 1.54) is 23.5 Å². The van der Waals surface area contributed by atoms with Crippen LogP contribution in [0.4, 0.5) is 0 Å². The molecule has 0 N–H and O–H groups in total. The van der Waals surface area contributed by atoms with Crippen molar-refractivity contribution >= 4 is 26.7 Å². The zero-order chi connectivity index (χ0) is 22.4. The molecule has 2 unspecified atom stereocenters. The lowest BCUT2D eigenvalue weighted by atomic mass is 9.73. The van der Waals surface area contributed by atoms with Crippen molar-refractivity contribution < 1.29 is 0 Å². The molecule has 0 saturated heterocycles. The predicted octanol–water partition coefficient (Wildman–Crippen LogP) is 9.43. The summed E-state index contributed by atoms with van der Waals surface area (Å²) >= 11 is 0. The minimum atomic E-state index is -0.333. The van der Waals surface area contributed by atoms with Gasteiger partial charge in [-0.3, -0.25) is 0 Å². The first-order valence-corrected chi connectivity index (χ1v) is 14.9. The summed E-state index contributed by atoms with van der Waals surface area (Å²) < 4.78 is 0. The lowest BCUT2D eigenvalue weighted by Gasteiger charge is -2.34. The number of hydrogen-bond acceptors (Lipinski definition) is 0. The van der Waals surface area contributed by atoms with E-state index in [9.17, 15) is 0 Å². The van der Waals surface area contributed by atoms with Gasteiger partial charge in [0.05, 0.1) is 0 Å². The van der Waals surface area contributed by atoms with E-state index in [-0.39, 0.29) is 21.3 Å². The third kappa shape index (κ3) is 2.47. The molecule has 0 amide bonds. The molecule has 4 aliphatic heterocycles. The second kappa shape index (κ2) is 6.88. The zero-order valence-corrected chi connectivity index (χ0v) is 21.9. The molecule has 162 valence electrons. The van der Waals surface area contributed by atoms with Gasteiger partial charge in [-0.25, -0.2) is 0 Å². The standard InChI is InChI=1S/C30H32P2/c1-19-22(4)31-17-29(19,5)20(2)26(31)27-21(3)30(6)18-32(27)28(24-15-11-8-12-16-24)25(30)23-13-9-7-10-14-23/h7-16H,17-18H2,1-6H3/t29-,30+,31?,32?/m0/s1. The van der Waals surface area contributed by atoms with Gasteiger partial charge in [-0.05, 0) is 93.8 Å². The minimum absolute atomic E-state index is 0.146. The van der Waals surface area contributed by atoms with Gasteiger partial charge in [0.2, 0.25) is 0 Å². The van der Waals surface area contributed by atoms with Gasteiger partial charge in [0, 0.05) is 10.8 Å². The fourth-order valence-electron chi connectivity index (χ4n) is 6.66. The van der Waals surface area contributed by atoms with E-state index in [4.69, 9.17) is 0 Å². The lowest BCUT2D eigenvalue weighted by Crippen LogP contribution is -2.19. The predicted molar refractivity (Wildman–Crippen MR) is 143 cm³/mol. The summed E-state index contributed by atoms with van der Waals surface area (Å²) in [6.07, 6.45) is 2.64. The van der Waals surface area contributed by atoms with E-state index in [1.807, 2.05) is 0 Å². The first-order valence-electron chi connectivity index (χ1n) is 11.8. The maximum Gasteiger partial charge on any atom is 0.0198 e. The van der Waals surface area contributed by atoms with Crippen molar-refractivity contribution in [2.45, 2.75) is 41.5 Å². The molecule has 32 heavy (non-hydrogen) atoms. The summed E-state index contributed by atoms with van der Waals surface area (Å²) in [6, 6.07) is 22.5. The molecule has 0 aliphatic carbocycles. The van der Waals surface area contributed by atoms with Crippen molar-refractivity contribution in [3.63, 3.8) is 0 Å². The monoisotopic (exact) mass is 454 g/mol. The Bertz CT molecular complexity index is 1270. The molecule has 0 nitrogen and oxygen atoms in total. The van der Waals surface area contributed by atoms with Gasteiger partial charge in [-0.1, -0.05) is 91.2 Å². The highest BCUT2D eigenvalue weighted by atomic mass is 31.1. The van der Waals surface area contributed by atoms with Crippen LogP contribution in [0, 0.1) is 10.8 Å². The van der Waals surface area contributed by atoms with Crippen LogP contribution in [-0.2, 0) is 0 Å². The number of benzene rings is 2. The minimum Gasteiger partial charge on any atom is -0.0622 e. The largest absolute Gasteiger partial charge is 0.0622 e. The Morgan fingerprint density at radius 3 is 1.66 bits per heavy atom. The van der Waals surface area contributed by atoms with Crippen molar-refractivity contribution in [1.29, 1.82) is 0 Å². The highest BCUT2D eigenvalue weighted by molar-refractivity contribution is 7.77. The third-order valence-corrected chi connectivity index (χ3v) is 15.5. The van der Waals surface area contributed by atoms with E-state index in [1.54, 1.807) is 43.5 Å². The Morgan fingerprint density at radius 1 is 0.562 bits per heavy atom. The molecule has 4 atom stereocenters. The molecule has 0 saturated carbocycles. The van der Waals surface area contributed by atoms with E-state index in [0.29, 0.717) is 5.41 Å². The van der Waals surface area contributed by atoms with Crippen molar-refractivity contribution in [3.8, 4) is 0 Å². The van der Waals surface area contributed by atoms with Crippen LogP contribution in [0.3, 0.4) is 0 Å². The van der Waals surface area contributed by atoms with Crippen LogP contribution in [0.15, 0.2) is 93.3 Å². The van der Waals surface area contributed by atoms with Crippen LogP contribution in [0.5, 0.6) is 0 Å². The number of fused-ring (bicyclic) bond motifs is 4. The van der Waals surface area contributed by atoms with Crippen molar-refractivity contribution in [1.82, 2.24) is 0 Å². The Hall–Kier alpha value is -1.74. The van der Waals surface area contributed by atoms with Crippen molar-refractivity contribution in [2.24, 2.45) is 10.8 Å². The Morgan fingerprint density at radius 2 is 1.06 bits per heavy atom. The molecule has 6 rings (SSSR count). The summed E-state index contributed by atoms with van der Waals surface area (Å²) in [5.41, 5.74) is 9.92. The lowest BCUT2D eigenvalue weighted by molar-refractivity contribution is 0.561. The smallest absolute Gasteiger partial charge is 0.0198 e. The van der Waals surface area contributed by atoms with Crippen LogP contribution in [-0.4, -0.2) is 12.3 Å². The first kappa shape index (κ1) is 20.8.